The van der Waals surface area contributed by atoms with Crippen molar-refractivity contribution >= 4 is 11.5 Å². The molecule has 5 aliphatic heterocycles. The van der Waals surface area contributed by atoms with E-state index in [0.717, 1.165) is 68.0 Å². The molecule has 1 aromatic carbocycles. The number of hydrogen-bond donors (Lipinski definition) is 2. The number of alkyl halides is 1. The van der Waals surface area contributed by atoms with Gasteiger partial charge in [0.05, 0.1) is 29.6 Å². The fraction of sp³-hybridized carbons (Fsp3) is 0.643. The van der Waals surface area contributed by atoms with Gasteiger partial charge in [0, 0.05) is 55.7 Å². The largest absolute Gasteiger partial charge is 0.461 e. The number of benzene rings is 1. The Bertz CT molecular complexity index is 1230. The van der Waals surface area contributed by atoms with Crippen LogP contribution in [0.3, 0.4) is 0 Å². The van der Waals surface area contributed by atoms with Gasteiger partial charge in [0.2, 0.25) is 0 Å². The summed E-state index contributed by atoms with van der Waals surface area (Å²) in [7, 11) is 0. The van der Waals surface area contributed by atoms with E-state index in [1.807, 2.05) is 6.92 Å². The molecule has 3 unspecified atom stereocenters. The van der Waals surface area contributed by atoms with E-state index >= 15 is 4.39 Å². The van der Waals surface area contributed by atoms with Crippen LogP contribution in [0.4, 0.5) is 20.3 Å². The van der Waals surface area contributed by atoms with Crippen LogP contribution in [-0.4, -0.2) is 71.4 Å². The average Bonchev–Trinajstić information content (AvgIpc) is 3.54. The van der Waals surface area contributed by atoms with E-state index in [4.69, 9.17) is 25.2 Å². The zero-order valence-electron chi connectivity index (χ0n) is 21.9. The van der Waals surface area contributed by atoms with Gasteiger partial charge in [0.15, 0.2) is 5.82 Å². The second kappa shape index (κ2) is 9.27. The third-order valence-electron chi connectivity index (χ3n) is 9.23. The molecule has 0 aliphatic carbocycles. The summed E-state index contributed by atoms with van der Waals surface area (Å²) in [5.41, 5.74) is 8.89. The average molecular weight is 527 g/mol. The van der Waals surface area contributed by atoms with Crippen molar-refractivity contribution in [1.29, 1.82) is 0 Å². The Labute approximate surface area is 221 Å². The number of piperazine rings is 1. The van der Waals surface area contributed by atoms with Crippen LogP contribution < -0.4 is 20.7 Å². The van der Waals surface area contributed by atoms with E-state index in [1.165, 1.54) is 0 Å². The number of nitrogens with two attached hydrogens (primary N) is 1. The van der Waals surface area contributed by atoms with Crippen LogP contribution in [0.15, 0.2) is 12.1 Å². The van der Waals surface area contributed by atoms with Gasteiger partial charge in [0.25, 0.3) is 0 Å². The number of aromatic nitrogens is 2. The van der Waals surface area contributed by atoms with Crippen LogP contribution in [0, 0.1) is 12.7 Å². The molecule has 38 heavy (non-hydrogen) atoms. The normalized spacial score (nSPS) is 32.4. The maximum Gasteiger partial charge on any atom is 0.318 e. The lowest BCUT2D eigenvalue weighted by Gasteiger charge is -2.37. The summed E-state index contributed by atoms with van der Waals surface area (Å²) in [6.07, 6.45) is 3.90. The summed E-state index contributed by atoms with van der Waals surface area (Å²) < 4.78 is 41.9. The first-order valence-electron chi connectivity index (χ1n) is 14.0. The molecule has 0 spiro atoms. The Kier molecular flexibility index (Phi) is 5.97. The monoisotopic (exact) mass is 526 g/mol. The molecule has 2 bridgehead atoms. The Balaban J connectivity index is 1.21. The van der Waals surface area contributed by atoms with E-state index < -0.39 is 18.1 Å². The molecule has 0 amide bonds. The number of rotatable bonds is 5. The van der Waals surface area contributed by atoms with E-state index in [-0.39, 0.29) is 11.2 Å². The Morgan fingerprint density at radius 2 is 2.03 bits per heavy atom. The summed E-state index contributed by atoms with van der Waals surface area (Å²) in [6.45, 7) is 5.70. The number of halogens is 2. The van der Waals surface area contributed by atoms with Crippen LogP contribution in [0.2, 0.25) is 0 Å². The number of nitrogen functional groups attached to an aromatic ring is 1. The van der Waals surface area contributed by atoms with Crippen LogP contribution in [0.25, 0.3) is 0 Å². The van der Waals surface area contributed by atoms with Crippen LogP contribution >= 0.6 is 0 Å². The lowest BCUT2D eigenvalue weighted by molar-refractivity contribution is 0.0232. The number of ether oxygens (including phenoxy) is 2. The van der Waals surface area contributed by atoms with Gasteiger partial charge in [-0.1, -0.05) is 6.07 Å². The number of nitrogens with zero attached hydrogens (tertiary/aromatic N) is 4. The van der Waals surface area contributed by atoms with Gasteiger partial charge in [-0.3, -0.25) is 4.90 Å². The van der Waals surface area contributed by atoms with Crippen molar-refractivity contribution in [2.75, 3.05) is 43.4 Å². The SMILES string of the molecule is Cc1cc(N)c(F)c(C2Cc3nc(OC[C@@]45CCCN4C[C@H](F)C5)nc(N4CC5CCC(C4)N5)c3CO2)c1. The number of aryl methyl sites for hydroxylation is 1. The summed E-state index contributed by atoms with van der Waals surface area (Å²) in [6, 6.07) is 4.64. The minimum Gasteiger partial charge on any atom is -0.461 e. The summed E-state index contributed by atoms with van der Waals surface area (Å²) in [5.74, 6) is 0.414. The van der Waals surface area contributed by atoms with E-state index in [0.29, 0.717) is 56.3 Å². The van der Waals surface area contributed by atoms with Gasteiger partial charge >= 0.3 is 6.01 Å². The van der Waals surface area contributed by atoms with E-state index in [2.05, 4.69) is 15.1 Å². The van der Waals surface area contributed by atoms with Crippen molar-refractivity contribution in [3.63, 3.8) is 0 Å². The summed E-state index contributed by atoms with van der Waals surface area (Å²) in [5, 5.41) is 3.68. The highest BCUT2D eigenvalue weighted by Crippen LogP contribution is 2.41. The molecule has 1 aromatic heterocycles. The molecule has 0 radical (unpaired) electrons. The Morgan fingerprint density at radius 3 is 2.84 bits per heavy atom. The molecule has 7 rings (SSSR count). The van der Waals surface area contributed by atoms with Crippen LogP contribution in [0.5, 0.6) is 6.01 Å². The zero-order valence-corrected chi connectivity index (χ0v) is 21.9. The molecule has 5 aliphatic rings. The predicted octanol–water partition coefficient (Wildman–Crippen LogP) is 3.22. The molecular formula is C28H36F2N6O2. The maximum atomic E-state index is 15.0. The molecule has 4 saturated heterocycles. The first-order chi connectivity index (χ1) is 18.4. The van der Waals surface area contributed by atoms with Gasteiger partial charge in [-0.05, 0) is 50.8 Å². The molecule has 204 valence electrons. The lowest BCUT2D eigenvalue weighted by atomic mass is 9.95. The first kappa shape index (κ1) is 24.5. The van der Waals surface area contributed by atoms with E-state index in [1.54, 1.807) is 12.1 Å². The lowest BCUT2D eigenvalue weighted by Crippen LogP contribution is -2.52. The quantitative estimate of drug-likeness (QED) is 0.575. The molecule has 10 heteroatoms. The van der Waals surface area contributed by atoms with Crippen molar-refractivity contribution in [3.05, 3.63) is 40.3 Å². The van der Waals surface area contributed by atoms with Gasteiger partial charge in [-0.15, -0.1) is 0 Å². The summed E-state index contributed by atoms with van der Waals surface area (Å²) in [4.78, 5) is 14.3. The highest BCUT2D eigenvalue weighted by Gasteiger charge is 2.49. The first-order valence-corrected chi connectivity index (χ1v) is 14.0. The Morgan fingerprint density at radius 1 is 1.21 bits per heavy atom. The van der Waals surface area contributed by atoms with Crippen LogP contribution in [0.1, 0.15) is 60.6 Å². The highest BCUT2D eigenvalue weighted by molar-refractivity contribution is 5.53. The smallest absolute Gasteiger partial charge is 0.318 e. The van der Waals surface area contributed by atoms with Gasteiger partial charge in [0.1, 0.15) is 18.6 Å². The molecule has 8 nitrogen and oxygen atoms in total. The van der Waals surface area contributed by atoms with Gasteiger partial charge in [-0.2, -0.15) is 9.97 Å². The molecule has 4 fully saturated rings. The van der Waals surface area contributed by atoms with Gasteiger partial charge in [-0.25, -0.2) is 8.78 Å². The standard InChI is InChI=1S/C28H36F2N6O2/c1-16-7-20(25(30)22(31)8-16)24-9-23-21(14-37-24)26(35-12-18-3-4-19(13-35)32-18)34-27(33-23)38-15-28-5-2-6-36(28)11-17(29)10-28/h7-8,17-19,24,32H,2-6,9-15,31H2,1H3/t17-,18?,19?,24?,28+/m1/s1. The fourth-order valence-electron chi connectivity index (χ4n) is 7.43. The highest BCUT2D eigenvalue weighted by atomic mass is 19.1. The van der Waals surface area contributed by atoms with Crippen molar-refractivity contribution in [3.8, 4) is 6.01 Å². The van der Waals surface area contributed by atoms with Crippen molar-refractivity contribution in [2.24, 2.45) is 0 Å². The number of hydrogen-bond acceptors (Lipinski definition) is 8. The minimum absolute atomic E-state index is 0.126. The minimum atomic E-state index is -0.815. The maximum absolute atomic E-state index is 15.0. The van der Waals surface area contributed by atoms with Crippen molar-refractivity contribution in [2.45, 2.75) is 82.0 Å². The molecule has 3 N–H and O–H groups in total. The molecular weight excluding hydrogens is 490 g/mol. The molecule has 2 aromatic rings. The second-order valence-electron chi connectivity index (χ2n) is 11.9. The van der Waals surface area contributed by atoms with Gasteiger partial charge < -0.3 is 25.4 Å². The third kappa shape index (κ3) is 4.21. The molecule has 5 atom stereocenters. The van der Waals surface area contributed by atoms with Crippen LogP contribution in [-0.2, 0) is 17.8 Å². The van der Waals surface area contributed by atoms with Crippen molar-refractivity contribution < 1.29 is 18.3 Å². The Hall–Kier alpha value is -2.56. The second-order valence-corrected chi connectivity index (χ2v) is 11.9. The van der Waals surface area contributed by atoms with Crippen molar-refractivity contribution in [1.82, 2.24) is 20.2 Å². The predicted molar refractivity (Wildman–Crippen MR) is 140 cm³/mol. The number of nitrogens with one attached hydrogen (secondary N) is 1. The zero-order chi connectivity index (χ0) is 26.0. The number of anilines is 2. The fourth-order valence-corrected chi connectivity index (χ4v) is 7.43. The molecule has 0 saturated carbocycles. The molecule has 6 heterocycles. The topological polar surface area (TPSA) is 88.8 Å². The van der Waals surface area contributed by atoms with E-state index in [9.17, 15) is 4.39 Å². The summed E-state index contributed by atoms with van der Waals surface area (Å²) >= 11 is 0. The third-order valence-corrected chi connectivity index (χ3v) is 9.23. The number of fused-ring (bicyclic) bond motifs is 4.